The predicted molar refractivity (Wildman–Crippen MR) is 68.6 cm³/mol. The molecule has 2 rings (SSSR count). The summed E-state index contributed by atoms with van der Waals surface area (Å²) in [5, 5.41) is 3.32. The third kappa shape index (κ3) is 3.37. The molecule has 0 saturated heterocycles. The number of methoxy groups -OCH3 is 1. The highest BCUT2D eigenvalue weighted by atomic mass is 16.5. The van der Waals surface area contributed by atoms with E-state index in [1.165, 1.54) is 18.4 Å². The molecule has 0 aromatic heterocycles. The van der Waals surface area contributed by atoms with Crippen LogP contribution in [0.25, 0.3) is 0 Å². The molecule has 17 heavy (non-hydrogen) atoms. The van der Waals surface area contributed by atoms with Gasteiger partial charge in [-0.25, -0.2) is 0 Å². The summed E-state index contributed by atoms with van der Waals surface area (Å²) in [6.45, 7) is 4.71. The van der Waals surface area contributed by atoms with Gasteiger partial charge in [0.25, 0.3) is 0 Å². The number of rotatable bonds is 7. The highest BCUT2D eigenvalue weighted by molar-refractivity contribution is 5.46. The highest BCUT2D eigenvalue weighted by Crippen LogP contribution is 2.34. The van der Waals surface area contributed by atoms with Crippen molar-refractivity contribution in [1.82, 2.24) is 5.32 Å². The van der Waals surface area contributed by atoms with E-state index < -0.39 is 0 Å². The monoisotopic (exact) mass is 235 g/mol. The van der Waals surface area contributed by atoms with E-state index in [0.29, 0.717) is 0 Å². The first-order valence-electron chi connectivity index (χ1n) is 6.34. The summed E-state index contributed by atoms with van der Waals surface area (Å²) in [4.78, 5) is 0. The van der Waals surface area contributed by atoms with Gasteiger partial charge in [0, 0.05) is 12.1 Å². The third-order valence-corrected chi connectivity index (χ3v) is 3.01. The molecule has 3 heteroatoms. The topological polar surface area (TPSA) is 30.5 Å². The first kappa shape index (κ1) is 12.2. The second kappa shape index (κ2) is 5.92. The summed E-state index contributed by atoms with van der Waals surface area (Å²) >= 11 is 0. The van der Waals surface area contributed by atoms with Gasteiger partial charge in [-0.05, 0) is 31.4 Å². The molecule has 94 valence electrons. The van der Waals surface area contributed by atoms with Gasteiger partial charge in [0.1, 0.15) is 0 Å². The molecule has 1 aromatic carbocycles. The standard InChI is InChI=1S/C14H21NO2/c1-3-15-9-12-5-4-6-13(16-2)14(12)17-10-11-7-8-11/h4-6,11,15H,3,7-10H2,1-2H3. The van der Waals surface area contributed by atoms with Crippen LogP contribution >= 0.6 is 0 Å². The molecule has 0 unspecified atom stereocenters. The van der Waals surface area contributed by atoms with Gasteiger partial charge in [-0.1, -0.05) is 19.1 Å². The van der Waals surface area contributed by atoms with Crippen LogP contribution in [0.5, 0.6) is 11.5 Å². The Labute approximate surface area is 103 Å². The Kier molecular flexibility index (Phi) is 4.26. The number of benzene rings is 1. The van der Waals surface area contributed by atoms with Crippen LogP contribution in [-0.4, -0.2) is 20.3 Å². The summed E-state index contributed by atoms with van der Waals surface area (Å²) in [5.74, 6) is 2.50. The van der Waals surface area contributed by atoms with Gasteiger partial charge < -0.3 is 14.8 Å². The van der Waals surface area contributed by atoms with Crippen LogP contribution in [0.1, 0.15) is 25.3 Å². The summed E-state index contributed by atoms with van der Waals surface area (Å²) in [6, 6.07) is 6.06. The van der Waals surface area contributed by atoms with Gasteiger partial charge in [-0.15, -0.1) is 0 Å². The van der Waals surface area contributed by atoms with Crippen molar-refractivity contribution >= 4 is 0 Å². The first-order chi connectivity index (χ1) is 8.35. The van der Waals surface area contributed by atoms with Gasteiger partial charge in [0.15, 0.2) is 11.5 Å². The maximum Gasteiger partial charge on any atom is 0.165 e. The van der Waals surface area contributed by atoms with E-state index in [9.17, 15) is 0 Å². The molecule has 0 spiro atoms. The minimum absolute atomic E-state index is 0.756. The predicted octanol–water partition coefficient (Wildman–Crippen LogP) is 2.59. The highest BCUT2D eigenvalue weighted by Gasteiger charge is 2.23. The molecule has 1 saturated carbocycles. The van der Waals surface area contributed by atoms with Gasteiger partial charge in [0.05, 0.1) is 13.7 Å². The number of hydrogen-bond donors (Lipinski definition) is 1. The van der Waals surface area contributed by atoms with Crippen molar-refractivity contribution in [2.45, 2.75) is 26.3 Å². The van der Waals surface area contributed by atoms with Crippen LogP contribution in [0, 0.1) is 5.92 Å². The zero-order valence-corrected chi connectivity index (χ0v) is 10.7. The fourth-order valence-electron chi connectivity index (χ4n) is 1.77. The molecule has 0 radical (unpaired) electrons. The summed E-state index contributed by atoms with van der Waals surface area (Å²) in [6.07, 6.45) is 2.61. The molecular formula is C14H21NO2. The van der Waals surface area contributed by atoms with Crippen molar-refractivity contribution in [1.29, 1.82) is 0 Å². The maximum absolute atomic E-state index is 5.92. The lowest BCUT2D eigenvalue weighted by atomic mass is 10.2. The summed E-state index contributed by atoms with van der Waals surface area (Å²) in [7, 11) is 1.69. The van der Waals surface area contributed by atoms with E-state index in [0.717, 1.165) is 37.1 Å². The molecule has 0 aliphatic heterocycles. The molecule has 0 bridgehead atoms. The van der Waals surface area contributed by atoms with Crippen LogP contribution in [0.3, 0.4) is 0 Å². The molecule has 0 atom stereocenters. The van der Waals surface area contributed by atoms with Crippen molar-refractivity contribution < 1.29 is 9.47 Å². The van der Waals surface area contributed by atoms with Gasteiger partial charge in [-0.2, -0.15) is 0 Å². The van der Waals surface area contributed by atoms with E-state index in [4.69, 9.17) is 9.47 Å². The molecule has 1 N–H and O–H groups in total. The van der Waals surface area contributed by atoms with E-state index in [1.807, 2.05) is 12.1 Å². The fourth-order valence-corrected chi connectivity index (χ4v) is 1.77. The molecule has 3 nitrogen and oxygen atoms in total. The average molecular weight is 235 g/mol. The number of para-hydroxylation sites is 1. The Morgan fingerprint density at radius 1 is 1.35 bits per heavy atom. The number of ether oxygens (including phenoxy) is 2. The Balaban J connectivity index is 2.09. The molecule has 1 aromatic rings. The zero-order valence-electron chi connectivity index (χ0n) is 10.7. The van der Waals surface area contributed by atoms with E-state index in [2.05, 4.69) is 18.3 Å². The largest absolute Gasteiger partial charge is 0.493 e. The molecule has 1 fully saturated rings. The maximum atomic E-state index is 5.92. The molecule has 0 heterocycles. The average Bonchev–Trinajstić information content (AvgIpc) is 3.18. The lowest BCUT2D eigenvalue weighted by Gasteiger charge is -2.15. The SMILES string of the molecule is CCNCc1cccc(OC)c1OCC1CC1. The minimum atomic E-state index is 0.756. The molecule has 1 aliphatic rings. The van der Waals surface area contributed by atoms with Crippen LogP contribution in [0.15, 0.2) is 18.2 Å². The van der Waals surface area contributed by atoms with Crippen molar-refractivity contribution in [2.75, 3.05) is 20.3 Å². The quantitative estimate of drug-likeness (QED) is 0.788. The lowest BCUT2D eigenvalue weighted by Crippen LogP contribution is -2.13. The Morgan fingerprint density at radius 3 is 2.82 bits per heavy atom. The summed E-state index contributed by atoms with van der Waals surface area (Å²) < 4.78 is 11.3. The van der Waals surface area contributed by atoms with Crippen molar-refractivity contribution in [3.05, 3.63) is 23.8 Å². The smallest absolute Gasteiger partial charge is 0.165 e. The molecular weight excluding hydrogens is 214 g/mol. The van der Waals surface area contributed by atoms with E-state index in [1.54, 1.807) is 7.11 Å². The Morgan fingerprint density at radius 2 is 2.18 bits per heavy atom. The number of nitrogens with one attached hydrogen (secondary N) is 1. The van der Waals surface area contributed by atoms with Gasteiger partial charge in [0.2, 0.25) is 0 Å². The van der Waals surface area contributed by atoms with Crippen LogP contribution < -0.4 is 14.8 Å². The van der Waals surface area contributed by atoms with E-state index >= 15 is 0 Å². The normalized spacial score (nSPS) is 14.7. The first-order valence-corrected chi connectivity index (χ1v) is 6.34. The van der Waals surface area contributed by atoms with Gasteiger partial charge in [-0.3, -0.25) is 0 Å². The van der Waals surface area contributed by atoms with Crippen LogP contribution in [-0.2, 0) is 6.54 Å². The second-order valence-electron chi connectivity index (χ2n) is 4.48. The third-order valence-electron chi connectivity index (χ3n) is 3.01. The lowest BCUT2D eigenvalue weighted by molar-refractivity contribution is 0.277. The van der Waals surface area contributed by atoms with Crippen LogP contribution in [0.4, 0.5) is 0 Å². The van der Waals surface area contributed by atoms with Gasteiger partial charge >= 0.3 is 0 Å². The van der Waals surface area contributed by atoms with E-state index in [-0.39, 0.29) is 0 Å². The van der Waals surface area contributed by atoms with Crippen molar-refractivity contribution in [3.63, 3.8) is 0 Å². The van der Waals surface area contributed by atoms with Crippen molar-refractivity contribution in [3.8, 4) is 11.5 Å². The summed E-state index contributed by atoms with van der Waals surface area (Å²) in [5.41, 5.74) is 1.17. The Bertz CT molecular complexity index is 361. The molecule has 0 amide bonds. The zero-order chi connectivity index (χ0) is 12.1. The van der Waals surface area contributed by atoms with Crippen molar-refractivity contribution in [2.24, 2.45) is 5.92 Å². The fraction of sp³-hybridized carbons (Fsp3) is 0.571. The minimum Gasteiger partial charge on any atom is -0.493 e. The van der Waals surface area contributed by atoms with Crippen LogP contribution in [0.2, 0.25) is 0 Å². The number of hydrogen-bond acceptors (Lipinski definition) is 3. The second-order valence-corrected chi connectivity index (χ2v) is 4.48. The Hall–Kier alpha value is -1.22. The molecule has 1 aliphatic carbocycles.